The van der Waals surface area contributed by atoms with Gasteiger partial charge in [0.05, 0.1) is 25.7 Å². The quantitative estimate of drug-likeness (QED) is 0.0918. The molecule has 0 atom stereocenters. The van der Waals surface area contributed by atoms with E-state index < -0.39 is 13.6 Å². The van der Waals surface area contributed by atoms with Crippen LogP contribution in [-0.2, 0) is 20.3 Å². The van der Waals surface area contributed by atoms with Crippen LogP contribution in [0.15, 0.2) is 48.9 Å². The van der Waals surface area contributed by atoms with Crippen LogP contribution in [0.4, 0.5) is 21.0 Å². The maximum Gasteiger partial charge on any atom is 0.469 e. The van der Waals surface area contributed by atoms with Crippen LogP contribution < -0.4 is 20.1 Å². The lowest BCUT2D eigenvalue weighted by atomic mass is 10.2. The molecule has 16 heteroatoms. The number of phosphoric ester groups is 1. The smallest absolute Gasteiger partial charge is 0.469 e. The summed E-state index contributed by atoms with van der Waals surface area (Å²) in [7, 11) is -2.89. The highest BCUT2D eigenvalue weighted by Crippen LogP contribution is 2.36. The van der Waals surface area contributed by atoms with Gasteiger partial charge in [-0.3, -0.25) is 9.32 Å². The fourth-order valence-corrected chi connectivity index (χ4v) is 5.42. The van der Waals surface area contributed by atoms with Gasteiger partial charge in [0.15, 0.2) is 16.6 Å². The van der Waals surface area contributed by atoms with E-state index in [0.29, 0.717) is 63.5 Å². The van der Waals surface area contributed by atoms with E-state index in [1.807, 2.05) is 6.92 Å². The molecule has 0 bridgehead atoms. The van der Waals surface area contributed by atoms with Crippen LogP contribution in [0, 0.1) is 5.82 Å². The maximum atomic E-state index is 13.4. The van der Waals surface area contributed by atoms with Crippen LogP contribution in [0.1, 0.15) is 24.6 Å². The van der Waals surface area contributed by atoms with Gasteiger partial charge in [-0.05, 0) is 50.2 Å². The zero-order valence-corrected chi connectivity index (χ0v) is 25.9. The molecule has 236 valence electrons. The Kier molecular flexibility index (Phi) is 11.9. The minimum Gasteiger partial charge on any atom is -0.493 e. The molecule has 0 saturated heterocycles. The van der Waals surface area contributed by atoms with Gasteiger partial charge in [-0.2, -0.15) is 0 Å². The molecule has 2 aromatic heterocycles. The Balaban J connectivity index is 1.34. The van der Waals surface area contributed by atoms with Gasteiger partial charge in [-0.1, -0.05) is 13.0 Å². The van der Waals surface area contributed by atoms with Gasteiger partial charge in [0.1, 0.15) is 24.6 Å². The van der Waals surface area contributed by atoms with Crippen LogP contribution in [0.3, 0.4) is 0 Å². The van der Waals surface area contributed by atoms with Crippen molar-refractivity contribution < 1.29 is 37.5 Å². The SMILES string of the molecule is CCN(CCCCOP(=O)(O)O)CCOc1cc2ncnc(Nc3ncc(CC(=O)Nc4cccc(F)c4)s3)c2cc1OC. The molecule has 0 fully saturated rings. The lowest BCUT2D eigenvalue weighted by molar-refractivity contribution is -0.115. The molecule has 0 aliphatic rings. The predicted molar refractivity (Wildman–Crippen MR) is 165 cm³/mol. The number of hydrogen-bond acceptors (Lipinski definition) is 11. The number of rotatable bonds is 17. The van der Waals surface area contributed by atoms with E-state index in [9.17, 15) is 13.8 Å². The van der Waals surface area contributed by atoms with Crippen molar-refractivity contribution in [2.45, 2.75) is 26.2 Å². The Morgan fingerprint density at radius 1 is 1.09 bits per heavy atom. The summed E-state index contributed by atoms with van der Waals surface area (Å²) in [6.07, 6.45) is 4.36. The van der Waals surface area contributed by atoms with Gasteiger partial charge in [0.2, 0.25) is 5.91 Å². The first-order valence-electron chi connectivity index (χ1n) is 13.8. The number of carbonyl (C=O) groups is 1. The number of hydrogen-bond donors (Lipinski definition) is 4. The summed E-state index contributed by atoms with van der Waals surface area (Å²) in [5.41, 5.74) is 1.01. The zero-order valence-electron chi connectivity index (χ0n) is 24.2. The summed E-state index contributed by atoms with van der Waals surface area (Å²) < 4.78 is 40.3. The maximum absolute atomic E-state index is 13.4. The average molecular weight is 649 g/mol. The molecule has 13 nitrogen and oxygen atoms in total. The van der Waals surface area contributed by atoms with Crippen molar-refractivity contribution in [2.75, 3.05) is 50.6 Å². The van der Waals surface area contributed by atoms with Crippen LogP contribution in [0.2, 0.25) is 0 Å². The average Bonchev–Trinajstić information content (AvgIpc) is 3.41. The van der Waals surface area contributed by atoms with Crippen LogP contribution in [0.5, 0.6) is 11.5 Å². The number of anilines is 3. The summed E-state index contributed by atoms with van der Waals surface area (Å²) in [5, 5.41) is 7.09. The third-order valence-corrected chi connectivity index (χ3v) is 7.81. The first kappa shape index (κ1) is 33.2. The van der Waals surface area contributed by atoms with Crippen LogP contribution in [0.25, 0.3) is 10.9 Å². The summed E-state index contributed by atoms with van der Waals surface area (Å²) in [4.78, 5) is 46.0. The minimum atomic E-state index is -4.43. The number of phosphoric acid groups is 1. The second-order valence-electron chi connectivity index (χ2n) is 9.55. The van der Waals surface area contributed by atoms with Gasteiger partial charge >= 0.3 is 7.82 Å². The fourth-order valence-electron chi connectivity index (χ4n) is 4.25. The normalized spacial score (nSPS) is 11.6. The Bertz CT molecular complexity index is 1600. The topological polar surface area (TPSA) is 168 Å². The summed E-state index contributed by atoms with van der Waals surface area (Å²) in [6, 6.07) is 9.27. The molecule has 4 rings (SSSR count). The molecule has 4 N–H and O–H groups in total. The number of nitrogens with one attached hydrogen (secondary N) is 2. The Morgan fingerprint density at radius 3 is 2.68 bits per heavy atom. The predicted octanol–water partition coefficient (Wildman–Crippen LogP) is 4.75. The summed E-state index contributed by atoms with van der Waals surface area (Å²) in [5.74, 6) is 0.815. The Labute approximate surface area is 257 Å². The van der Waals surface area contributed by atoms with E-state index in [-0.39, 0.29) is 18.9 Å². The molecule has 2 heterocycles. The van der Waals surface area contributed by atoms with Crippen molar-refractivity contribution in [1.82, 2.24) is 19.9 Å². The van der Waals surface area contributed by atoms with Gasteiger partial charge in [0.25, 0.3) is 0 Å². The van der Waals surface area contributed by atoms with E-state index in [0.717, 1.165) is 19.5 Å². The molecule has 44 heavy (non-hydrogen) atoms. The van der Waals surface area contributed by atoms with Gasteiger partial charge in [-0.15, -0.1) is 11.3 Å². The van der Waals surface area contributed by atoms with Crippen LogP contribution in [-0.4, -0.2) is 75.5 Å². The van der Waals surface area contributed by atoms with E-state index >= 15 is 0 Å². The van der Waals surface area contributed by atoms with Gasteiger partial charge < -0.3 is 34.8 Å². The second kappa shape index (κ2) is 15.8. The standard InChI is InChI=1S/C28H34FN6O7PS/c1-3-35(9-4-5-11-42-43(37,38)39)10-12-41-25-16-23-22(15-24(25)40-2)27(32-18-31-23)34-28-30-17-21(44-28)14-26(36)33-20-8-6-7-19(29)13-20/h6-8,13,15-18H,3-5,9-12,14H2,1-2H3,(H,33,36)(H2,37,38,39)(H,30,31,32,34). The molecule has 2 aromatic carbocycles. The van der Waals surface area contributed by atoms with Crippen molar-refractivity contribution in [1.29, 1.82) is 0 Å². The molecule has 0 unspecified atom stereocenters. The van der Waals surface area contributed by atoms with Crippen molar-refractivity contribution in [3.05, 3.63) is 59.6 Å². The van der Waals surface area contributed by atoms with E-state index in [2.05, 4.69) is 35.0 Å². The second-order valence-corrected chi connectivity index (χ2v) is 11.9. The van der Waals surface area contributed by atoms with E-state index in [4.69, 9.17) is 19.3 Å². The monoisotopic (exact) mass is 648 g/mol. The van der Waals surface area contributed by atoms with Crippen molar-refractivity contribution >= 4 is 52.6 Å². The lowest BCUT2D eigenvalue weighted by Gasteiger charge is -2.21. The highest BCUT2D eigenvalue weighted by atomic mass is 32.1. The number of halogens is 1. The molecule has 0 saturated carbocycles. The number of aromatic nitrogens is 3. The number of ether oxygens (including phenoxy) is 2. The Hall–Kier alpha value is -3.72. The molecule has 0 spiro atoms. The van der Waals surface area contributed by atoms with Crippen molar-refractivity contribution in [3.63, 3.8) is 0 Å². The first-order valence-corrected chi connectivity index (χ1v) is 16.1. The molecule has 0 radical (unpaired) electrons. The highest BCUT2D eigenvalue weighted by Gasteiger charge is 2.15. The molecule has 0 aliphatic carbocycles. The van der Waals surface area contributed by atoms with Gasteiger partial charge in [0, 0.05) is 34.8 Å². The molecule has 4 aromatic rings. The number of amides is 1. The van der Waals surface area contributed by atoms with Gasteiger partial charge in [-0.25, -0.2) is 23.9 Å². The lowest BCUT2D eigenvalue weighted by Crippen LogP contribution is -2.29. The third kappa shape index (κ3) is 10.2. The number of thiazole rings is 1. The number of carbonyl (C=O) groups excluding carboxylic acids is 1. The summed E-state index contributed by atoms with van der Waals surface area (Å²) in [6.45, 7) is 4.58. The first-order chi connectivity index (χ1) is 21.1. The van der Waals surface area contributed by atoms with Crippen LogP contribution >= 0.6 is 19.2 Å². The molecule has 1 amide bonds. The Morgan fingerprint density at radius 2 is 1.93 bits per heavy atom. The highest BCUT2D eigenvalue weighted by molar-refractivity contribution is 7.46. The van der Waals surface area contributed by atoms with Crippen molar-refractivity contribution in [3.8, 4) is 11.5 Å². The largest absolute Gasteiger partial charge is 0.493 e. The van der Waals surface area contributed by atoms with E-state index in [1.54, 1.807) is 31.5 Å². The number of fused-ring (bicyclic) bond motifs is 1. The molecule has 0 aliphatic heterocycles. The minimum absolute atomic E-state index is 0.00417. The number of likely N-dealkylation sites (N-methyl/N-ethyl adjacent to an activating group) is 1. The third-order valence-electron chi connectivity index (χ3n) is 6.38. The number of nitrogens with zero attached hydrogens (tertiary/aromatic N) is 4. The molecular formula is C28H34FN6O7PS. The number of methoxy groups -OCH3 is 1. The van der Waals surface area contributed by atoms with Crippen molar-refractivity contribution in [2.24, 2.45) is 0 Å². The number of benzene rings is 2. The number of unbranched alkanes of at least 4 members (excludes halogenated alkanes) is 1. The summed E-state index contributed by atoms with van der Waals surface area (Å²) >= 11 is 1.30. The zero-order chi connectivity index (χ0) is 31.5. The fraction of sp³-hybridized carbons (Fsp3) is 0.357. The van der Waals surface area contributed by atoms with E-state index in [1.165, 1.54) is 35.9 Å². The molecular weight excluding hydrogens is 614 g/mol.